The number of halogens is 2. The number of pyridine rings is 1. The Kier molecular flexibility index (Phi) is 5.35. The van der Waals surface area contributed by atoms with Gasteiger partial charge in [-0.3, -0.25) is 4.79 Å². The zero-order chi connectivity index (χ0) is 21.6. The van der Waals surface area contributed by atoms with Crippen LogP contribution in [-0.2, 0) is 4.79 Å². The molecule has 0 amide bonds. The number of hydrogen-bond acceptors (Lipinski definition) is 4. The normalized spacial score (nSPS) is 18.1. The first kappa shape index (κ1) is 20.9. The van der Waals surface area contributed by atoms with Gasteiger partial charge >= 0.3 is 0 Å². The van der Waals surface area contributed by atoms with Crippen molar-refractivity contribution in [1.82, 2.24) is 4.98 Å². The number of hydrogen-bond donors (Lipinski definition) is 1. The zero-order valence-electron chi connectivity index (χ0n) is 16.9. The second kappa shape index (κ2) is 7.69. The number of Topliss-reactive ketones (excluding diaryl/α,β-unsaturated/α-hetero) is 1. The van der Waals surface area contributed by atoms with E-state index in [4.69, 9.17) is 38.7 Å². The quantitative estimate of drug-likeness (QED) is 0.534. The fourth-order valence-corrected chi connectivity index (χ4v) is 3.90. The van der Waals surface area contributed by atoms with Crippen molar-refractivity contribution in [3.05, 3.63) is 70.2 Å². The predicted molar refractivity (Wildman–Crippen MR) is 121 cm³/mol. The molecule has 2 unspecified atom stereocenters. The fourth-order valence-electron chi connectivity index (χ4n) is 3.55. The summed E-state index contributed by atoms with van der Waals surface area (Å²) >= 11 is 12.6. The van der Waals surface area contributed by atoms with Gasteiger partial charge in [0.05, 0.1) is 11.7 Å². The number of ketones is 1. The minimum atomic E-state index is -0.771. The molecule has 2 heterocycles. The maximum atomic E-state index is 12.9. The maximum Gasteiger partial charge on any atom is 0.219 e. The smallest absolute Gasteiger partial charge is 0.219 e. The standard InChI is InChI=1S/C24H22Cl2N2O2/c1-24(2,3)22(29)21-19(27)17-12-16(13-8-10-14(25)11-9-13)20(28-23(17)30-21)15-6-4-5-7-18(15)26/h4-12,19,21H,27H2,1-3H3. The second-order valence-electron chi connectivity index (χ2n) is 8.44. The van der Waals surface area contributed by atoms with Crippen molar-refractivity contribution >= 4 is 29.0 Å². The largest absolute Gasteiger partial charge is 0.464 e. The molecule has 2 aromatic carbocycles. The second-order valence-corrected chi connectivity index (χ2v) is 9.29. The van der Waals surface area contributed by atoms with Crippen LogP contribution >= 0.6 is 23.2 Å². The van der Waals surface area contributed by atoms with E-state index in [2.05, 4.69) is 0 Å². The molecule has 154 valence electrons. The summed E-state index contributed by atoms with van der Waals surface area (Å²) in [5.41, 5.74) is 9.78. The van der Waals surface area contributed by atoms with Gasteiger partial charge in [0.15, 0.2) is 11.9 Å². The highest BCUT2D eigenvalue weighted by Crippen LogP contribution is 2.43. The van der Waals surface area contributed by atoms with E-state index in [-0.39, 0.29) is 5.78 Å². The minimum absolute atomic E-state index is 0.0552. The molecule has 0 fully saturated rings. The molecule has 0 saturated carbocycles. The van der Waals surface area contributed by atoms with E-state index in [1.165, 1.54) is 0 Å². The number of carbonyl (C=O) groups is 1. The molecule has 0 bridgehead atoms. The number of benzene rings is 2. The fraction of sp³-hybridized carbons (Fsp3) is 0.250. The predicted octanol–water partition coefficient (Wildman–Crippen LogP) is 6.10. The molecule has 2 atom stereocenters. The molecule has 0 aliphatic carbocycles. The molecule has 1 aromatic heterocycles. The Labute approximate surface area is 186 Å². The number of nitrogens with zero attached hydrogens (tertiary/aromatic N) is 1. The zero-order valence-corrected chi connectivity index (χ0v) is 18.5. The van der Waals surface area contributed by atoms with Gasteiger partial charge in [-0.1, -0.05) is 74.3 Å². The molecule has 6 heteroatoms. The first-order valence-corrected chi connectivity index (χ1v) is 10.4. The summed E-state index contributed by atoms with van der Waals surface area (Å²) in [6, 6.07) is 16.3. The van der Waals surface area contributed by atoms with Crippen molar-refractivity contribution in [3.8, 4) is 28.3 Å². The Morgan fingerprint density at radius 3 is 2.33 bits per heavy atom. The van der Waals surface area contributed by atoms with Gasteiger partial charge in [0, 0.05) is 32.2 Å². The van der Waals surface area contributed by atoms with Gasteiger partial charge in [-0.05, 0) is 29.8 Å². The lowest BCUT2D eigenvalue weighted by atomic mass is 9.84. The van der Waals surface area contributed by atoms with Crippen LogP contribution in [0.25, 0.3) is 22.4 Å². The van der Waals surface area contributed by atoms with E-state index in [0.717, 1.165) is 16.7 Å². The van der Waals surface area contributed by atoms with Crippen molar-refractivity contribution in [1.29, 1.82) is 0 Å². The molecule has 1 aliphatic heterocycles. The van der Waals surface area contributed by atoms with E-state index < -0.39 is 17.6 Å². The summed E-state index contributed by atoms with van der Waals surface area (Å²) < 4.78 is 5.97. The van der Waals surface area contributed by atoms with Gasteiger partial charge in [-0.25, -0.2) is 4.98 Å². The number of aromatic nitrogens is 1. The van der Waals surface area contributed by atoms with Gasteiger partial charge in [0.1, 0.15) is 0 Å². The molecule has 3 aromatic rings. The Hall–Kier alpha value is -2.40. The Balaban J connectivity index is 1.89. The summed E-state index contributed by atoms with van der Waals surface area (Å²) in [6.07, 6.45) is -0.771. The van der Waals surface area contributed by atoms with Gasteiger partial charge in [-0.15, -0.1) is 0 Å². The summed E-state index contributed by atoms with van der Waals surface area (Å²) in [7, 11) is 0. The lowest BCUT2D eigenvalue weighted by molar-refractivity contribution is -0.133. The van der Waals surface area contributed by atoms with Crippen molar-refractivity contribution in [2.45, 2.75) is 32.9 Å². The van der Waals surface area contributed by atoms with Crippen molar-refractivity contribution < 1.29 is 9.53 Å². The Morgan fingerprint density at radius 1 is 1.03 bits per heavy atom. The van der Waals surface area contributed by atoms with E-state index in [1.807, 2.05) is 75.4 Å². The average molecular weight is 441 g/mol. The maximum absolute atomic E-state index is 12.9. The number of ether oxygens (including phenoxy) is 1. The highest BCUT2D eigenvalue weighted by atomic mass is 35.5. The summed E-state index contributed by atoms with van der Waals surface area (Å²) in [6.45, 7) is 5.57. The van der Waals surface area contributed by atoms with Gasteiger partial charge < -0.3 is 10.5 Å². The van der Waals surface area contributed by atoms with Crippen molar-refractivity contribution in [3.63, 3.8) is 0 Å². The summed E-state index contributed by atoms with van der Waals surface area (Å²) in [5.74, 6) is 0.318. The first-order chi connectivity index (χ1) is 14.2. The van der Waals surface area contributed by atoms with Gasteiger partial charge in [0.2, 0.25) is 5.88 Å². The number of rotatable bonds is 3. The van der Waals surface area contributed by atoms with E-state index in [9.17, 15) is 4.79 Å². The SMILES string of the molecule is CC(C)(C)C(=O)C1Oc2nc(-c3ccccc3Cl)c(-c3ccc(Cl)cc3)cc2C1N. The molecule has 0 radical (unpaired) electrons. The minimum Gasteiger partial charge on any atom is -0.464 e. The van der Waals surface area contributed by atoms with Crippen molar-refractivity contribution in [2.24, 2.45) is 11.1 Å². The topological polar surface area (TPSA) is 65.2 Å². The number of nitrogens with two attached hydrogens (primary N) is 1. The average Bonchev–Trinajstić information content (AvgIpc) is 3.02. The monoisotopic (exact) mass is 440 g/mol. The Bertz CT molecular complexity index is 1120. The molecule has 1 aliphatic rings. The third kappa shape index (κ3) is 3.71. The summed E-state index contributed by atoms with van der Waals surface area (Å²) in [5, 5.41) is 1.22. The number of fused-ring (bicyclic) bond motifs is 1. The van der Waals surface area contributed by atoms with Crippen LogP contribution in [0.3, 0.4) is 0 Å². The van der Waals surface area contributed by atoms with Gasteiger partial charge in [0.25, 0.3) is 0 Å². The van der Waals surface area contributed by atoms with Gasteiger partial charge in [-0.2, -0.15) is 0 Å². The highest BCUT2D eigenvalue weighted by molar-refractivity contribution is 6.33. The highest BCUT2D eigenvalue weighted by Gasteiger charge is 2.42. The molecular weight excluding hydrogens is 419 g/mol. The molecular formula is C24H22Cl2N2O2. The lowest BCUT2D eigenvalue weighted by Gasteiger charge is -2.23. The summed E-state index contributed by atoms with van der Waals surface area (Å²) in [4.78, 5) is 17.7. The first-order valence-electron chi connectivity index (χ1n) is 9.69. The van der Waals surface area contributed by atoms with E-state index in [0.29, 0.717) is 27.2 Å². The van der Waals surface area contributed by atoms with Crippen LogP contribution in [0.5, 0.6) is 5.88 Å². The molecule has 0 saturated heterocycles. The molecule has 0 spiro atoms. The van der Waals surface area contributed by atoms with Crippen LogP contribution in [0.1, 0.15) is 32.4 Å². The van der Waals surface area contributed by atoms with E-state index in [1.54, 1.807) is 0 Å². The van der Waals surface area contributed by atoms with Crippen molar-refractivity contribution in [2.75, 3.05) is 0 Å². The lowest BCUT2D eigenvalue weighted by Crippen LogP contribution is -2.40. The molecule has 4 nitrogen and oxygen atoms in total. The molecule has 30 heavy (non-hydrogen) atoms. The van der Waals surface area contributed by atoms with Crippen LogP contribution in [-0.4, -0.2) is 16.9 Å². The third-order valence-corrected chi connectivity index (χ3v) is 5.80. The molecule has 4 rings (SSSR count). The van der Waals surface area contributed by atoms with Crippen LogP contribution in [0.2, 0.25) is 10.0 Å². The van der Waals surface area contributed by atoms with E-state index >= 15 is 0 Å². The third-order valence-electron chi connectivity index (χ3n) is 5.22. The van der Waals surface area contributed by atoms with Crippen LogP contribution < -0.4 is 10.5 Å². The Morgan fingerprint density at radius 2 is 1.70 bits per heavy atom. The van der Waals surface area contributed by atoms with Crippen LogP contribution in [0.4, 0.5) is 0 Å². The molecule has 2 N–H and O–H groups in total. The van der Waals surface area contributed by atoms with Crippen LogP contribution in [0.15, 0.2) is 54.6 Å². The number of carbonyl (C=O) groups excluding carboxylic acids is 1. The van der Waals surface area contributed by atoms with Crippen LogP contribution in [0, 0.1) is 5.41 Å².